The first kappa shape index (κ1) is 11.9. The third kappa shape index (κ3) is 2.92. The van der Waals surface area contributed by atoms with Gasteiger partial charge in [-0.1, -0.05) is 36.9 Å². The standard InChI is InChI=1S/C13H12O3/c1-3-7-10-8-5-6-9-11(10)13(15)16-12(14)4-2/h3-9H,2H2,1H3/b7-3+. The van der Waals surface area contributed by atoms with Crippen LogP contribution in [0.2, 0.25) is 0 Å². The molecule has 0 amide bonds. The number of hydrogen-bond donors (Lipinski definition) is 0. The van der Waals surface area contributed by atoms with Gasteiger partial charge in [0.15, 0.2) is 0 Å². The Bertz CT molecular complexity index is 444. The number of esters is 2. The molecule has 0 spiro atoms. The van der Waals surface area contributed by atoms with E-state index in [4.69, 9.17) is 0 Å². The van der Waals surface area contributed by atoms with Crippen LogP contribution in [-0.2, 0) is 9.53 Å². The van der Waals surface area contributed by atoms with Crippen molar-refractivity contribution in [2.45, 2.75) is 6.92 Å². The second kappa shape index (κ2) is 5.66. The molecule has 3 nitrogen and oxygen atoms in total. The lowest BCUT2D eigenvalue weighted by molar-refractivity contribution is -0.132. The first-order valence-electron chi connectivity index (χ1n) is 4.79. The number of hydrogen-bond acceptors (Lipinski definition) is 3. The summed E-state index contributed by atoms with van der Waals surface area (Å²) in [5.41, 5.74) is 1.07. The van der Waals surface area contributed by atoms with Crippen LogP contribution in [0.25, 0.3) is 6.08 Å². The quantitative estimate of drug-likeness (QED) is 0.443. The van der Waals surface area contributed by atoms with Gasteiger partial charge in [0.2, 0.25) is 0 Å². The molecule has 82 valence electrons. The number of carbonyl (C=O) groups is 2. The SMILES string of the molecule is C=CC(=O)OC(=O)c1ccccc1/C=C/C. The molecular weight excluding hydrogens is 204 g/mol. The molecule has 0 unspecified atom stereocenters. The molecule has 0 saturated heterocycles. The van der Waals surface area contributed by atoms with Crippen LogP contribution in [0.5, 0.6) is 0 Å². The fourth-order valence-electron chi connectivity index (χ4n) is 1.20. The van der Waals surface area contributed by atoms with E-state index in [-0.39, 0.29) is 0 Å². The van der Waals surface area contributed by atoms with Gasteiger partial charge in [-0.15, -0.1) is 0 Å². The molecule has 0 N–H and O–H groups in total. The van der Waals surface area contributed by atoms with E-state index in [2.05, 4.69) is 11.3 Å². The minimum absolute atomic E-state index is 0.357. The molecular formula is C13H12O3. The van der Waals surface area contributed by atoms with Crippen LogP contribution in [0.15, 0.2) is 43.0 Å². The molecule has 0 aliphatic carbocycles. The van der Waals surface area contributed by atoms with Crippen LogP contribution in [0.1, 0.15) is 22.8 Å². The summed E-state index contributed by atoms with van der Waals surface area (Å²) in [5.74, 6) is -1.42. The molecule has 16 heavy (non-hydrogen) atoms. The first-order chi connectivity index (χ1) is 7.69. The minimum atomic E-state index is -0.750. The van der Waals surface area contributed by atoms with Crippen molar-refractivity contribution in [3.63, 3.8) is 0 Å². The Kier molecular flexibility index (Phi) is 4.21. The van der Waals surface area contributed by atoms with Crippen molar-refractivity contribution >= 4 is 18.0 Å². The van der Waals surface area contributed by atoms with E-state index in [9.17, 15) is 9.59 Å². The molecule has 0 bridgehead atoms. The van der Waals surface area contributed by atoms with Crippen LogP contribution < -0.4 is 0 Å². The zero-order valence-electron chi connectivity index (χ0n) is 8.97. The third-order valence-corrected chi connectivity index (χ3v) is 1.89. The highest BCUT2D eigenvalue weighted by Crippen LogP contribution is 2.12. The third-order valence-electron chi connectivity index (χ3n) is 1.89. The van der Waals surface area contributed by atoms with Gasteiger partial charge >= 0.3 is 11.9 Å². The number of rotatable bonds is 3. The predicted octanol–water partition coefficient (Wildman–Crippen LogP) is 2.59. The van der Waals surface area contributed by atoms with E-state index in [1.807, 2.05) is 6.92 Å². The van der Waals surface area contributed by atoms with Gasteiger partial charge in [0, 0.05) is 6.08 Å². The second-order valence-corrected chi connectivity index (χ2v) is 3.00. The lowest BCUT2D eigenvalue weighted by Crippen LogP contribution is -2.11. The van der Waals surface area contributed by atoms with Crippen molar-refractivity contribution in [1.82, 2.24) is 0 Å². The molecule has 0 atom stereocenters. The first-order valence-corrected chi connectivity index (χ1v) is 4.79. The number of benzene rings is 1. The van der Waals surface area contributed by atoms with Crippen LogP contribution >= 0.6 is 0 Å². The molecule has 1 rings (SSSR count). The fraction of sp³-hybridized carbons (Fsp3) is 0.0769. The summed E-state index contributed by atoms with van der Waals surface area (Å²) in [6.45, 7) is 5.07. The Hall–Kier alpha value is -2.16. The number of carbonyl (C=O) groups excluding carboxylic acids is 2. The van der Waals surface area contributed by atoms with Gasteiger partial charge in [-0.2, -0.15) is 0 Å². The molecule has 0 fully saturated rings. The Morgan fingerprint density at radius 2 is 2.00 bits per heavy atom. The number of ether oxygens (including phenoxy) is 1. The lowest BCUT2D eigenvalue weighted by Gasteiger charge is -2.03. The molecule has 0 aliphatic rings. The van der Waals surface area contributed by atoms with Gasteiger partial charge in [-0.05, 0) is 18.6 Å². The van der Waals surface area contributed by atoms with E-state index < -0.39 is 11.9 Å². The van der Waals surface area contributed by atoms with Crippen LogP contribution in [0, 0.1) is 0 Å². The summed E-state index contributed by atoms with van der Waals surface area (Å²) < 4.78 is 4.54. The minimum Gasteiger partial charge on any atom is -0.386 e. The summed E-state index contributed by atoms with van der Waals surface area (Å²) in [5, 5.41) is 0. The summed E-state index contributed by atoms with van der Waals surface area (Å²) in [7, 11) is 0. The molecule has 1 aromatic carbocycles. The van der Waals surface area contributed by atoms with E-state index in [0.717, 1.165) is 6.08 Å². The van der Waals surface area contributed by atoms with Crippen molar-refractivity contribution in [1.29, 1.82) is 0 Å². The Balaban J connectivity index is 2.98. The Morgan fingerprint density at radius 1 is 1.31 bits per heavy atom. The molecule has 0 heterocycles. The average molecular weight is 216 g/mol. The zero-order valence-corrected chi connectivity index (χ0v) is 8.97. The van der Waals surface area contributed by atoms with Crippen molar-refractivity contribution in [3.8, 4) is 0 Å². The maximum atomic E-state index is 11.6. The van der Waals surface area contributed by atoms with Gasteiger partial charge in [-0.25, -0.2) is 9.59 Å². The molecule has 1 aromatic rings. The highest BCUT2D eigenvalue weighted by Gasteiger charge is 2.13. The van der Waals surface area contributed by atoms with Crippen LogP contribution in [0.3, 0.4) is 0 Å². The molecule has 0 aliphatic heterocycles. The average Bonchev–Trinajstić information content (AvgIpc) is 2.30. The van der Waals surface area contributed by atoms with Crippen molar-refractivity contribution in [2.75, 3.05) is 0 Å². The largest absolute Gasteiger partial charge is 0.386 e. The Labute approximate surface area is 94.0 Å². The van der Waals surface area contributed by atoms with Crippen LogP contribution in [-0.4, -0.2) is 11.9 Å². The fourth-order valence-corrected chi connectivity index (χ4v) is 1.20. The van der Waals surface area contributed by atoms with Gasteiger partial charge in [0.1, 0.15) is 0 Å². The van der Waals surface area contributed by atoms with Crippen molar-refractivity contribution in [2.24, 2.45) is 0 Å². The molecule has 0 aromatic heterocycles. The molecule has 3 heteroatoms. The lowest BCUT2D eigenvalue weighted by atomic mass is 10.1. The van der Waals surface area contributed by atoms with Gasteiger partial charge in [0.25, 0.3) is 0 Å². The van der Waals surface area contributed by atoms with Gasteiger partial charge < -0.3 is 4.74 Å². The highest BCUT2D eigenvalue weighted by molar-refractivity contribution is 6.01. The van der Waals surface area contributed by atoms with Crippen molar-refractivity contribution in [3.05, 3.63) is 54.1 Å². The highest BCUT2D eigenvalue weighted by atomic mass is 16.6. The van der Waals surface area contributed by atoms with E-state index in [1.165, 1.54) is 0 Å². The Morgan fingerprint density at radius 3 is 2.62 bits per heavy atom. The topological polar surface area (TPSA) is 43.4 Å². The monoisotopic (exact) mass is 216 g/mol. The predicted molar refractivity (Wildman–Crippen MR) is 61.8 cm³/mol. The van der Waals surface area contributed by atoms with Gasteiger partial charge in [0.05, 0.1) is 5.56 Å². The maximum absolute atomic E-state index is 11.6. The van der Waals surface area contributed by atoms with E-state index in [0.29, 0.717) is 11.1 Å². The maximum Gasteiger partial charge on any atom is 0.346 e. The van der Waals surface area contributed by atoms with Crippen LogP contribution in [0.4, 0.5) is 0 Å². The van der Waals surface area contributed by atoms with E-state index in [1.54, 1.807) is 36.4 Å². The normalized spacial score (nSPS) is 10.1. The van der Waals surface area contributed by atoms with Gasteiger partial charge in [-0.3, -0.25) is 0 Å². The summed E-state index contributed by atoms with van der Waals surface area (Å²) >= 11 is 0. The zero-order chi connectivity index (χ0) is 12.0. The summed E-state index contributed by atoms with van der Waals surface area (Å²) in [4.78, 5) is 22.5. The summed E-state index contributed by atoms with van der Waals surface area (Å²) in [6.07, 6.45) is 4.53. The smallest absolute Gasteiger partial charge is 0.346 e. The van der Waals surface area contributed by atoms with Crippen molar-refractivity contribution < 1.29 is 14.3 Å². The molecule has 0 saturated carbocycles. The van der Waals surface area contributed by atoms with E-state index >= 15 is 0 Å². The summed E-state index contributed by atoms with van der Waals surface area (Å²) in [6, 6.07) is 6.90. The number of allylic oxidation sites excluding steroid dienone is 1. The second-order valence-electron chi connectivity index (χ2n) is 3.00. The molecule has 0 radical (unpaired) electrons.